The summed E-state index contributed by atoms with van der Waals surface area (Å²) in [5.74, 6) is 0. The van der Waals surface area contributed by atoms with Crippen LogP contribution in [0.1, 0.15) is 0 Å². The zero-order chi connectivity index (χ0) is 5.28. The highest BCUT2D eigenvalue weighted by molar-refractivity contribution is 7.13. The molecule has 0 aromatic carbocycles. The molecule has 0 aliphatic rings. The fraction of sp³-hybridized carbons (Fsp3) is 0. The van der Waals surface area contributed by atoms with Crippen LogP contribution in [-0.4, -0.2) is 10.2 Å². The largest absolute Gasteiger partial charge is 0.374 e. The zero-order valence-electron chi connectivity index (χ0n) is 3.26. The highest BCUT2D eigenvalue weighted by atomic mass is 32.1. The average Bonchev–Trinajstić information content (AvgIpc) is 1.87. The summed E-state index contributed by atoms with van der Waals surface area (Å²) in [7, 11) is 0. The van der Waals surface area contributed by atoms with E-state index in [-0.39, 0.29) is 5.13 Å². The van der Waals surface area contributed by atoms with E-state index in [1.807, 2.05) is 0 Å². The molecule has 3 nitrogen and oxygen atoms in total. The predicted molar refractivity (Wildman–Crippen MR) is 24.3 cm³/mol. The number of anilines is 1. The molecule has 5 heteroatoms. The van der Waals surface area contributed by atoms with Crippen LogP contribution in [0.25, 0.3) is 0 Å². The minimum Gasteiger partial charge on any atom is -0.374 e. The first-order valence-corrected chi connectivity index (χ1v) is 2.35. The fourth-order valence-electron chi connectivity index (χ4n) is 0.216. The lowest BCUT2D eigenvalue weighted by Gasteiger charge is -1.64. The molecule has 0 bridgehead atoms. The van der Waals surface area contributed by atoms with Gasteiger partial charge in [0.1, 0.15) is 0 Å². The van der Waals surface area contributed by atoms with Crippen LogP contribution in [-0.2, 0) is 0 Å². The molecule has 0 amide bonds. The van der Waals surface area contributed by atoms with Crippen molar-refractivity contribution < 1.29 is 4.39 Å². The van der Waals surface area contributed by atoms with Crippen molar-refractivity contribution in [1.29, 1.82) is 0 Å². The maximum absolute atomic E-state index is 11.7. The monoisotopic (exact) mass is 119 g/mol. The molecule has 2 N–H and O–H groups in total. The van der Waals surface area contributed by atoms with Crippen molar-refractivity contribution in [3.8, 4) is 0 Å². The molecule has 0 unspecified atom stereocenters. The van der Waals surface area contributed by atoms with Gasteiger partial charge in [0, 0.05) is 0 Å². The highest BCUT2D eigenvalue weighted by Crippen LogP contribution is 2.06. The molecule has 0 atom stereocenters. The van der Waals surface area contributed by atoms with Crippen LogP contribution < -0.4 is 5.73 Å². The van der Waals surface area contributed by atoms with Crippen molar-refractivity contribution in [2.45, 2.75) is 0 Å². The van der Waals surface area contributed by atoms with E-state index in [0.29, 0.717) is 0 Å². The third kappa shape index (κ3) is 0.833. The normalized spacial score (nSPS) is 9.29. The van der Waals surface area contributed by atoms with Gasteiger partial charge in [-0.1, -0.05) is 0 Å². The Kier molecular flexibility index (Phi) is 0.900. The molecule has 38 valence electrons. The number of hydrogen-bond acceptors (Lipinski definition) is 4. The van der Waals surface area contributed by atoms with Crippen LogP contribution in [0.4, 0.5) is 9.52 Å². The lowest BCUT2D eigenvalue weighted by Crippen LogP contribution is -1.79. The second-order valence-electron chi connectivity index (χ2n) is 0.893. The molecular formula is C2H2FN3S. The summed E-state index contributed by atoms with van der Waals surface area (Å²) < 4.78 is 11.7. The highest BCUT2D eigenvalue weighted by Gasteiger charge is 1.93. The standard InChI is InChI=1S/C2H2FN3S/c3-1-5-6-2(4)7-1/h(H2,4,6). The molecule has 1 aromatic rings. The van der Waals surface area contributed by atoms with Gasteiger partial charge in [-0.2, -0.15) is 4.39 Å². The third-order valence-electron chi connectivity index (χ3n) is 0.416. The number of nitrogen functional groups attached to an aromatic ring is 1. The second kappa shape index (κ2) is 1.42. The van der Waals surface area contributed by atoms with E-state index < -0.39 is 5.26 Å². The second-order valence-corrected chi connectivity index (χ2v) is 1.85. The Morgan fingerprint density at radius 3 is 2.43 bits per heavy atom. The summed E-state index contributed by atoms with van der Waals surface area (Å²) in [6, 6.07) is 0. The van der Waals surface area contributed by atoms with E-state index in [4.69, 9.17) is 5.73 Å². The van der Waals surface area contributed by atoms with E-state index in [1.165, 1.54) is 0 Å². The van der Waals surface area contributed by atoms with Crippen molar-refractivity contribution in [3.63, 3.8) is 0 Å². The predicted octanol–water partition coefficient (Wildman–Crippen LogP) is 0.259. The van der Waals surface area contributed by atoms with Gasteiger partial charge >= 0.3 is 0 Å². The van der Waals surface area contributed by atoms with Crippen LogP contribution >= 0.6 is 11.3 Å². The Bertz CT molecular complexity index is 145. The van der Waals surface area contributed by atoms with E-state index in [2.05, 4.69) is 10.2 Å². The molecule has 0 aliphatic heterocycles. The van der Waals surface area contributed by atoms with Crippen LogP contribution in [0.2, 0.25) is 0 Å². The van der Waals surface area contributed by atoms with Crippen LogP contribution in [0.3, 0.4) is 0 Å². The van der Waals surface area contributed by atoms with Gasteiger partial charge < -0.3 is 5.73 Å². The molecule has 1 rings (SSSR count). The van der Waals surface area contributed by atoms with Gasteiger partial charge in [-0.3, -0.25) is 0 Å². The smallest absolute Gasteiger partial charge is 0.291 e. The van der Waals surface area contributed by atoms with Crippen LogP contribution in [0.15, 0.2) is 0 Å². The van der Waals surface area contributed by atoms with Gasteiger partial charge in [0.2, 0.25) is 5.13 Å². The molecule has 1 aromatic heterocycles. The number of rotatable bonds is 0. The summed E-state index contributed by atoms with van der Waals surface area (Å²) in [6.07, 6.45) is 0. The van der Waals surface area contributed by atoms with Gasteiger partial charge in [0.15, 0.2) is 0 Å². The Morgan fingerprint density at radius 1 is 1.57 bits per heavy atom. The van der Waals surface area contributed by atoms with Crippen molar-refractivity contribution in [1.82, 2.24) is 10.2 Å². The molecule has 1 heterocycles. The Balaban J connectivity index is 3.04. The van der Waals surface area contributed by atoms with Crippen LogP contribution in [0, 0.1) is 5.26 Å². The van der Waals surface area contributed by atoms with E-state index in [1.54, 1.807) is 0 Å². The summed E-state index contributed by atoms with van der Waals surface area (Å²) in [6.45, 7) is 0. The lowest BCUT2D eigenvalue weighted by atomic mass is 11.3. The van der Waals surface area contributed by atoms with Gasteiger partial charge in [0.05, 0.1) is 0 Å². The van der Waals surface area contributed by atoms with Crippen molar-refractivity contribution in [2.75, 3.05) is 5.73 Å². The Morgan fingerprint density at radius 2 is 2.29 bits per heavy atom. The molecule has 0 aliphatic carbocycles. The minimum absolute atomic E-state index is 0.164. The average molecular weight is 119 g/mol. The number of nitrogens with two attached hydrogens (primary N) is 1. The quantitative estimate of drug-likeness (QED) is 0.533. The van der Waals surface area contributed by atoms with Gasteiger partial charge in [-0.05, 0) is 11.3 Å². The Labute approximate surface area is 43.0 Å². The minimum atomic E-state index is -0.586. The maximum Gasteiger partial charge on any atom is 0.291 e. The van der Waals surface area contributed by atoms with Crippen molar-refractivity contribution in [3.05, 3.63) is 5.26 Å². The van der Waals surface area contributed by atoms with E-state index in [9.17, 15) is 4.39 Å². The van der Waals surface area contributed by atoms with Crippen LogP contribution in [0.5, 0.6) is 0 Å². The Hall–Kier alpha value is -0.710. The van der Waals surface area contributed by atoms with Gasteiger partial charge in [0.25, 0.3) is 5.26 Å². The van der Waals surface area contributed by atoms with E-state index in [0.717, 1.165) is 11.3 Å². The molecule has 0 fully saturated rings. The molecule has 0 spiro atoms. The SMILES string of the molecule is Nc1nnc(F)s1. The lowest BCUT2D eigenvalue weighted by molar-refractivity contribution is 0.601. The molecule has 0 saturated heterocycles. The summed E-state index contributed by atoms with van der Waals surface area (Å²) >= 11 is 0.731. The molecule has 0 saturated carbocycles. The molecule has 0 radical (unpaired) electrons. The number of halogens is 1. The first-order valence-electron chi connectivity index (χ1n) is 1.53. The number of nitrogens with zero attached hydrogens (tertiary/aromatic N) is 2. The summed E-state index contributed by atoms with van der Waals surface area (Å²) in [5.41, 5.74) is 4.98. The van der Waals surface area contributed by atoms with Gasteiger partial charge in [-0.15, -0.1) is 10.2 Å². The third-order valence-corrected chi connectivity index (χ3v) is 0.957. The zero-order valence-corrected chi connectivity index (χ0v) is 4.07. The molecular weight excluding hydrogens is 117 g/mol. The number of aromatic nitrogens is 2. The molecule has 7 heavy (non-hydrogen) atoms. The van der Waals surface area contributed by atoms with E-state index >= 15 is 0 Å². The first-order chi connectivity index (χ1) is 3.29. The van der Waals surface area contributed by atoms with Crippen molar-refractivity contribution in [2.24, 2.45) is 0 Å². The number of hydrogen-bond donors (Lipinski definition) is 1. The topological polar surface area (TPSA) is 51.8 Å². The first kappa shape index (κ1) is 4.45. The van der Waals surface area contributed by atoms with Crippen molar-refractivity contribution >= 4 is 16.5 Å². The summed E-state index contributed by atoms with van der Waals surface area (Å²) in [5, 5.41) is 5.76. The van der Waals surface area contributed by atoms with Gasteiger partial charge in [-0.25, -0.2) is 0 Å². The summed E-state index contributed by atoms with van der Waals surface area (Å²) in [4.78, 5) is 0. The fourth-order valence-corrected chi connectivity index (χ4v) is 0.552. The maximum atomic E-state index is 11.7.